The third kappa shape index (κ3) is 3.97. The van der Waals surface area contributed by atoms with Gasteiger partial charge in [0.1, 0.15) is 24.6 Å². The highest BCUT2D eigenvalue weighted by Crippen LogP contribution is 2.32. The number of aliphatic hydroxyl groups excluding tert-OH is 2. The Kier molecular flexibility index (Phi) is 5.88. The van der Waals surface area contributed by atoms with E-state index in [-0.39, 0.29) is 12.5 Å². The number of amides is 1. The maximum Gasteiger partial charge on any atom is 0.219 e. The van der Waals surface area contributed by atoms with E-state index >= 15 is 0 Å². The molecule has 1 saturated heterocycles. The first kappa shape index (κ1) is 20.2. The van der Waals surface area contributed by atoms with Gasteiger partial charge in [0.25, 0.3) is 0 Å². The van der Waals surface area contributed by atoms with Crippen molar-refractivity contribution in [3.63, 3.8) is 0 Å². The summed E-state index contributed by atoms with van der Waals surface area (Å²) in [5, 5.41) is 26.8. The molecular weight excluding hydrogens is 388 g/mol. The summed E-state index contributed by atoms with van der Waals surface area (Å²) in [6, 6.07) is 9.89. The van der Waals surface area contributed by atoms with Gasteiger partial charge in [-0.15, -0.1) is 0 Å². The van der Waals surface area contributed by atoms with Crippen molar-refractivity contribution in [1.29, 1.82) is 0 Å². The number of nitrogens with one attached hydrogen (secondary N) is 2. The zero-order valence-electron chi connectivity index (χ0n) is 16.5. The Bertz CT molecular complexity index is 1010. The lowest BCUT2D eigenvalue weighted by molar-refractivity contribution is -0.121. The first-order chi connectivity index (χ1) is 14.6. The predicted octanol–water partition coefficient (Wildman–Crippen LogP) is 0.584. The molecule has 0 aliphatic carbocycles. The molecule has 2 aromatic heterocycles. The van der Waals surface area contributed by atoms with Crippen LogP contribution < -0.4 is 10.6 Å². The summed E-state index contributed by atoms with van der Waals surface area (Å²) in [7, 11) is 0. The first-order valence-electron chi connectivity index (χ1n) is 9.82. The Labute approximate surface area is 172 Å². The summed E-state index contributed by atoms with van der Waals surface area (Å²) in [5.41, 5.74) is 2.09. The molecule has 1 aliphatic heterocycles. The molecule has 0 spiro atoms. The van der Waals surface area contributed by atoms with Gasteiger partial charge in [-0.3, -0.25) is 9.36 Å². The van der Waals surface area contributed by atoms with Crippen LogP contribution in [0.5, 0.6) is 0 Å². The van der Waals surface area contributed by atoms with E-state index < -0.39 is 24.5 Å². The molecule has 1 aromatic carbocycles. The molecule has 4 N–H and O–H groups in total. The highest BCUT2D eigenvalue weighted by molar-refractivity contribution is 5.82. The Balaban J connectivity index is 1.52. The average Bonchev–Trinajstić information content (AvgIpc) is 3.33. The Morgan fingerprint density at radius 1 is 1.17 bits per heavy atom. The van der Waals surface area contributed by atoms with Gasteiger partial charge < -0.3 is 25.6 Å². The van der Waals surface area contributed by atoms with Crippen LogP contribution in [0.25, 0.3) is 11.2 Å². The first-order valence-corrected chi connectivity index (χ1v) is 9.82. The maximum absolute atomic E-state index is 11.5. The lowest BCUT2D eigenvalue weighted by Gasteiger charge is -2.16. The third-order valence-electron chi connectivity index (χ3n) is 5.09. The van der Waals surface area contributed by atoms with Crippen molar-refractivity contribution in [1.82, 2.24) is 24.8 Å². The Hall–Kier alpha value is -3.08. The number of carbonyl (C=O) groups is 1. The largest absolute Gasteiger partial charge is 0.387 e. The minimum atomic E-state index is -1.19. The number of aliphatic hydroxyl groups is 2. The van der Waals surface area contributed by atoms with E-state index in [1.54, 1.807) is 11.5 Å². The molecule has 1 aliphatic rings. The van der Waals surface area contributed by atoms with E-state index in [1.807, 2.05) is 30.3 Å². The lowest BCUT2D eigenvalue weighted by Crippen LogP contribution is -2.39. The zero-order chi connectivity index (χ0) is 21.1. The van der Waals surface area contributed by atoms with Gasteiger partial charge in [-0.1, -0.05) is 37.3 Å². The Morgan fingerprint density at radius 3 is 2.73 bits per heavy atom. The highest BCUT2D eigenvalue weighted by Gasteiger charge is 2.44. The average molecular weight is 412 g/mol. The molecule has 0 radical (unpaired) electrons. The van der Waals surface area contributed by atoms with Crippen LogP contribution in [-0.2, 0) is 16.1 Å². The molecular formula is C20H24N6O4. The number of carbonyl (C=O) groups excluding carboxylic acids is 1. The maximum atomic E-state index is 11.5. The lowest BCUT2D eigenvalue weighted by atomic mass is 10.1. The van der Waals surface area contributed by atoms with Gasteiger partial charge in [-0.2, -0.15) is 0 Å². The van der Waals surface area contributed by atoms with Crippen LogP contribution in [0, 0.1) is 0 Å². The normalized spacial score (nSPS) is 23.6. The minimum Gasteiger partial charge on any atom is -0.387 e. The molecule has 0 unspecified atom stereocenters. The molecule has 158 valence electrons. The monoisotopic (exact) mass is 412 g/mol. The van der Waals surface area contributed by atoms with Crippen LogP contribution in [0.4, 0.5) is 5.82 Å². The van der Waals surface area contributed by atoms with Crippen molar-refractivity contribution < 1.29 is 19.7 Å². The number of fused-ring (bicyclic) bond motifs is 1. The van der Waals surface area contributed by atoms with Gasteiger partial charge in [0.2, 0.25) is 5.91 Å². The molecule has 4 rings (SSSR count). The fraction of sp³-hybridized carbons (Fsp3) is 0.400. The van der Waals surface area contributed by atoms with Gasteiger partial charge in [-0.05, 0) is 5.56 Å². The van der Waals surface area contributed by atoms with Crippen LogP contribution in [0.2, 0.25) is 0 Å². The fourth-order valence-corrected chi connectivity index (χ4v) is 3.42. The van der Waals surface area contributed by atoms with Gasteiger partial charge in [0.15, 0.2) is 23.2 Å². The number of hydrogen-bond acceptors (Lipinski definition) is 8. The number of ether oxygens (including phenoxy) is 1. The predicted molar refractivity (Wildman–Crippen MR) is 108 cm³/mol. The number of rotatable bonds is 7. The van der Waals surface area contributed by atoms with Gasteiger partial charge in [-0.25, -0.2) is 15.0 Å². The number of imidazole rings is 1. The van der Waals surface area contributed by atoms with Crippen LogP contribution in [-0.4, -0.2) is 60.5 Å². The van der Waals surface area contributed by atoms with Crippen molar-refractivity contribution in [3.8, 4) is 0 Å². The summed E-state index contributed by atoms with van der Waals surface area (Å²) >= 11 is 0. The van der Waals surface area contributed by atoms with Crippen molar-refractivity contribution in [2.45, 2.75) is 44.4 Å². The molecule has 10 nitrogen and oxygen atoms in total. The molecule has 3 aromatic rings. The van der Waals surface area contributed by atoms with Crippen LogP contribution in [0.15, 0.2) is 43.0 Å². The summed E-state index contributed by atoms with van der Waals surface area (Å²) in [6.07, 6.45) is -0.730. The van der Waals surface area contributed by atoms with Crippen molar-refractivity contribution in [2.24, 2.45) is 0 Å². The number of benzene rings is 1. The van der Waals surface area contributed by atoms with Crippen LogP contribution in [0.1, 0.15) is 25.1 Å². The number of anilines is 1. The minimum absolute atomic E-state index is 0.104. The van der Waals surface area contributed by atoms with Crippen molar-refractivity contribution >= 4 is 22.9 Å². The van der Waals surface area contributed by atoms with Crippen molar-refractivity contribution in [2.75, 3.05) is 11.9 Å². The highest BCUT2D eigenvalue weighted by atomic mass is 16.6. The molecule has 1 amide bonds. The van der Waals surface area contributed by atoms with Gasteiger partial charge in [0.05, 0.1) is 6.33 Å². The third-order valence-corrected chi connectivity index (χ3v) is 5.09. The summed E-state index contributed by atoms with van der Waals surface area (Å²) in [6.45, 7) is 2.41. The SMILES string of the molecule is CCC(=O)NC[C@H]1O[C@@H](n2cnc3c(NCc4ccccc4)ncnc32)[C@H](O)[C@@H]1O. The number of aromatic nitrogens is 4. The van der Waals surface area contributed by atoms with E-state index in [9.17, 15) is 15.0 Å². The topological polar surface area (TPSA) is 134 Å². The van der Waals surface area contributed by atoms with Crippen LogP contribution >= 0.6 is 0 Å². The van der Waals surface area contributed by atoms with Gasteiger partial charge in [0, 0.05) is 19.5 Å². The zero-order valence-corrected chi connectivity index (χ0v) is 16.5. The smallest absolute Gasteiger partial charge is 0.219 e. The molecule has 4 atom stereocenters. The van der Waals surface area contributed by atoms with Gasteiger partial charge >= 0.3 is 0 Å². The summed E-state index contributed by atoms with van der Waals surface area (Å²) in [4.78, 5) is 24.4. The number of hydrogen-bond donors (Lipinski definition) is 4. The molecule has 30 heavy (non-hydrogen) atoms. The summed E-state index contributed by atoms with van der Waals surface area (Å²) in [5.74, 6) is 0.404. The van der Waals surface area contributed by atoms with E-state index in [0.717, 1.165) is 5.56 Å². The quantitative estimate of drug-likeness (QED) is 0.443. The summed E-state index contributed by atoms with van der Waals surface area (Å²) < 4.78 is 7.40. The molecule has 0 bridgehead atoms. The molecule has 10 heteroatoms. The standard InChI is InChI=1S/C20H24N6O4/c1-2-14(27)21-9-13-16(28)17(29)20(30-13)26-11-25-15-18(23-10-24-19(15)26)22-8-12-6-4-3-5-7-12/h3-7,10-11,13,16-17,20,28-29H,2,8-9H2,1H3,(H,21,27)(H,22,23,24)/t13-,16-,17-,20-/m1/s1. The Morgan fingerprint density at radius 2 is 1.97 bits per heavy atom. The second kappa shape index (κ2) is 8.74. The fourth-order valence-electron chi connectivity index (χ4n) is 3.42. The second-order valence-corrected chi connectivity index (χ2v) is 7.09. The molecule has 1 fully saturated rings. The van der Waals surface area contributed by atoms with E-state index in [4.69, 9.17) is 4.74 Å². The molecule has 3 heterocycles. The van der Waals surface area contributed by atoms with Crippen LogP contribution in [0.3, 0.4) is 0 Å². The van der Waals surface area contributed by atoms with E-state index in [2.05, 4.69) is 25.6 Å². The van der Waals surface area contributed by atoms with E-state index in [1.165, 1.54) is 12.7 Å². The van der Waals surface area contributed by atoms with E-state index in [0.29, 0.717) is 29.9 Å². The van der Waals surface area contributed by atoms with Crippen molar-refractivity contribution in [3.05, 3.63) is 48.5 Å². The number of nitrogens with zero attached hydrogens (tertiary/aromatic N) is 4. The molecule has 0 saturated carbocycles. The second-order valence-electron chi connectivity index (χ2n) is 7.09.